The SMILES string of the molecule is COc1ccc(/C(C)=N/[C@H](C)c2ccccc2)cc1. The average molecular weight is 253 g/mol. The van der Waals surface area contributed by atoms with Gasteiger partial charge in [0.05, 0.1) is 13.2 Å². The smallest absolute Gasteiger partial charge is 0.118 e. The molecule has 1 atom stereocenters. The van der Waals surface area contributed by atoms with Crippen molar-refractivity contribution in [2.24, 2.45) is 4.99 Å². The first-order chi connectivity index (χ1) is 9.20. The van der Waals surface area contributed by atoms with E-state index in [0.29, 0.717) is 0 Å². The fourth-order valence-corrected chi connectivity index (χ4v) is 2.00. The molecule has 0 saturated carbocycles. The van der Waals surface area contributed by atoms with Crippen LogP contribution in [0.3, 0.4) is 0 Å². The first-order valence-electron chi connectivity index (χ1n) is 6.44. The molecule has 0 bridgehead atoms. The largest absolute Gasteiger partial charge is 0.497 e. The summed E-state index contributed by atoms with van der Waals surface area (Å²) in [6, 6.07) is 18.5. The molecule has 0 aliphatic carbocycles. The third-order valence-corrected chi connectivity index (χ3v) is 3.18. The van der Waals surface area contributed by atoms with E-state index in [1.165, 1.54) is 5.56 Å². The second kappa shape index (κ2) is 6.19. The molecule has 0 unspecified atom stereocenters. The normalized spacial score (nSPS) is 13.1. The van der Waals surface area contributed by atoms with Gasteiger partial charge in [0.15, 0.2) is 0 Å². The summed E-state index contributed by atoms with van der Waals surface area (Å²) < 4.78 is 5.16. The van der Waals surface area contributed by atoms with E-state index in [9.17, 15) is 0 Å². The van der Waals surface area contributed by atoms with Crippen LogP contribution in [0.5, 0.6) is 5.75 Å². The Morgan fingerprint density at radius 3 is 2.21 bits per heavy atom. The van der Waals surface area contributed by atoms with Gasteiger partial charge in [-0.2, -0.15) is 0 Å². The van der Waals surface area contributed by atoms with E-state index in [1.807, 2.05) is 49.4 Å². The number of rotatable bonds is 4. The van der Waals surface area contributed by atoms with Crippen molar-refractivity contribution in [1.82, 2.24) is 0 Å². The molecule has 2 aromatic rings. The van der Waals surface area contributed by atoms with Gasteiger partial charge in [0.25, 0.3) is 0 Å². The molecule has 98 valence electrons. The number of ether oxygens (including phenoxy) is 1. The lowest BCUT2D eigenvalue weighted by Crippen LogP contribution is -1.99. The van der Waals surface area contributed by atoms with Gasteiger partial charge in [0.2, 0.25) is 0 Å². The predicted molar refractivity (Wildman–Crippen MR) is 80.1 cm³/mol. The first-order valence-corrected chi connectivity index (χ1v) is 6.44. The van der Waals surface area contributed by atoms with Crippen molar-refractivity contribution < 1.29 is 4.74 Å². The minimum absolute atomic E-state index is 0.170. The Kier molecular flexibility index (Phi) is 4.35. The van der Waals surface area contributed by atoms with Crippen molar-refractivity contribution in [1.29, 1.82) is 0 Å². The molecular weight excluding hydrogens is 234 g/mol. The lowest BCUT2D eigenvalue weighted by molar-refractivity contribution is 0.415. The second-order valence-electron chi connectivity index (χ2n) is 4.53. The maximum Gasteiger partial charge on any atom is 0.118 e. The highest BCUT2D eigenvalue weighted by Crippen LogP contribution is 2.18. The van der Waals surface area contributed by atoms with E-state index in [2.05, 4.69) is 19.1 Å². The highest BCUT2D eigenvalue weighted by molar-refractivity contribution is 5.98. The zero-order chi connectivity index (χ0) is 13.7. The Balaban J connectivity index is 2.18. The number of benzene rings is 2. The maximum atomic E-state index is 5.16. The van der Waals surface area contributed by atoms with Gasteiger partial charge >= 0.3 is 0 Å². The Hall–Kier alpha value is -2.09. The van der Waals surface area contributed by atoms with Gasteiger partial charge in [-0.15, -0.1) is 0 Å². The summed E-state index contributed by atoms with van der Waals surface area (Å²) >= 11 is 0. The molecule has 0 radical (unpaired) electrons. The molecule has 2 aromatic carbocycles. The van der Waals surface area contributed by atoms with Gasteiger partial charge in [-0.1, -0.05) is 30.3 Å². The summed E-state index contributed by atoms with van der Waals surface area (Å²) in [6.45, 7) is 4.16. The number of aliphatic imine (C=N–C) groups is 1. The summed E-state index contributed by atoms with van der Waals surface area (Å²) in [5.74, 6) is 0.868. The fraction of sp³-hybridized carbons (Fsp3) is 0.235. The molecular formula is C17H19NO. The summed E-state index contributed by atoms with van der Waals surface area (Å²) in [7, 11) is 1.67. The van der Waals surface area contributed by atoms with Crippen molar-refractivity contribution in [2.75, 3.05) is 7.11 Å². The molecule has 2 rings (SSSR count). The summed E-state index contributed by atoms with van der Waals surface area (Å²) in [6.07, 6.45) is 0. The maximum absolute atomic E-state index is 5.16. The van der Waals surface area contributed by atoms with Gasteiger partial charge in [-0.05, 0) is 49.2 Å². The molecule has 0 aliphatic heterocycles. The predicted octanol–water partition coefficient (Wildman–Crippen LogP) is 4.27. The number of methoxy groups -OCH3 is 1. The summed E-state index contributed by atoms with van der Waals surface area (Å²) in [5.41, 5.74) is 3.40. The van der Waals surface area contributed by atoms with Crippen LogP contribution in [0, 0.1) is 0 Å². The third-order valence-electron chi connectivity index (χ3n) is 3.18. The van der Waals surface area contributed by atoms with E-state index >= 15 is 0 Å². The number of hydrogen-bond donors (Lipinski definition) is 0. The van der Waals surface area contributed by atoms with Crippen LogP contribution < -0.4 is 4.74 Å². The van der Waals surface area contributed by atoms with E-state index in [1.54, 1.807) is 7.11 Å². The highest BCUT2D eigenvalue weighted by Gasteiger charge is 2.04. The van der Waals surface area contributed by atoms with Crippen molar-refractivity contribution in [2.45, 2.75) is 19.9 Å². The van der Waals surface area contributed by atoms with Gasteiger partial charge in [-0.25, -0.2) is 0 Å². The van der Waals surface area contributed by atoms with Crippen molar-refractivity contribution in [3.05, 3.63) is 65.7 Å². The van der Waals surface area contributed by atoms with Crippen LogP contribution in [-0.4, -0.2) is 12.8 Å². The molecule has 19 heavy (non-hydrogen) atoms. The molecule has 0 amide bonds. The molecule has 0 saturated heterocycles. The van der Waals surface area contributed by atoms with Crippen LogP contribution in [0.1, 0.15) is 31.0 Å². The molecule has 0 spiro atoms. The molecule has 2 nitrogen and oxygen atoms in total. The van der Waals surface area contributed by atoms with E-state index < -0.39 is 0 Å². The molecule has 0 fully saturated rings. The molecule has 2 heteroatoms. The first kappa shape index (κ1) is 13.3. The Morgan fingerprint density at radius 2 is 1.63 bits per heavy atom. The van der Waals surface area contributed by atoms with Gasteiger partial charge in [0.1, 0.15) is 5.75 Å². The fourth-order valence-electron chi connectivity index (χ4n) is 2.00. The molecule has 0 N–H and O–H groups in total. The van der Waals surface area contributed by atoms with E-state index in [-0.39, 0.29) is 6.04 Å². The van der Waals surface area contributed by atoms with Crippen LogP contribution in [0.25, 0.3) is 0 Å². The minimum atomic E-state index is 0.170. The second-order valence-corrected chi connectivity index (χ2v) is 4.53. The Morgan fingerprint density at radius 1 is 1.00 bits per heavy atom. The standard InChI is InChI=1S/C17H19NO/c1-13(15-7-5-4-6-8-15)18-14(2)16-9-11-17(19-3)12-10-16/h4-13H,1-3H3/b18-14+/t13-/m1/s1. The number of nitrogens with zero attached hydrogens (tertiary/aromatic N) is 1. The Labute approximate surface area is 114 Å². The van der Waals surface area contributed by atoms with Crippen molar-refractivity contribution in [3.63, 3.8) is 0 Å². The molecule has 0 heterocycles. The molecule has 0 aromatic heterocycles. The van der Waals surface area contributed by atoms with Crippen LogP contribution >= 0.6 is 0 Å². The van der Waals surface area contributed by atoms with Crippen LogP contribution in [-0.2, 0) is 0 Å². The van der Waals surface area contributed by atoms with Crippen molar-refractivity contribution >= 4 is 5.71 Å². The van der Waals surface area contributed by atoms with Gasteiger partial charge < -0.3 is 4.74 Å². The average Bonchev–Trinajstić information content (AvgIpc) is 2.48. The zero-order valence-corrected chi connectivity index (χ0v) is 11.6. The van der Waals surface area contributed by atoms with Crippen molar-refractivity contribution in [3.8, 4) is 5.75 Å². The van der Waals surface area contributed by atoms with E-state index in [0.717, 1.165) is 17.0 Å². The summed E-state index contributed by atoms with van der Waals surface area (Å²) in [5, 5.41) is 0. The Bertz CT molecular complexity index is 543. The van der Waals surface area contributed by atoms with Gasteiger partial charge in [-0.3, -0.25) is 4.99 Å². The van der Waals surface area contributed by atoms with Crippen LogP contribution in [0.15, 0.2) is 59.6 Å². The topological polar surface area (TPSA) is 21.6 Å². The quantitative estimate of drug-likeness (QED) is 0.746. The zero-order valence-electron chi connectivity index (χ0n) is 11.6. The van der Waals surface area contributed by atoms with E-state index in [4.69, 9.17) is 9.73 Å². The van der Waals surface area contributed by atoms with Gasteiger partial charge in [0, 0.05) is 5.71 Å². The minimum Gasteiger partial charge on any atom is -0.497 e. The number of hydrogen-bond acceptors (Lipinski definition) is 2. The third kappa shape index (κ3) is 3.44. The lowest BCUT2D eigenvalue weighted by atomic mass is 10.1. The highest BCUT2D eigenvalue weighted by atomic mass is 16.5. The van der Waals surface area contributed by atoms with Crippen LogP contribution in [0.2, 0.25) is 0 Å². The monoisotopic (exact) mass is 253 g/mol. The lowest BCUT2D eigenvalue weighted by Gasteiger charge is -2.09. The summed E-state index contributed by atoms with van der Waals surface area (Å²) in [4.78, 5) is 4.75. The molecule has 0 aliphatic rings. The van der Waals surface area contributed by atoms with Crippen LogP contribution in [0.4, 0.5) is 0 Å².